The van der Waals surface area contributed by atoms with Gasteiger partial charge in [-0.25, -0.2) is 4.98 Å². The molecule has 3 heterocycles. The number of carbonyl (C=O) groups is 3. The number of nitrogens with one attached hydrogen (secondary N) is 1. The molecule has 1 fully saturated rings. The monoisotopic (exact) mass is 419 g/mol. The van der Waals surface area contributed by atoms with Gasteiger partial charge in [-0.3, -0.25) is 24.2 Å². The molecule has 2 aliphatic heterocycles. The maximum absolute atomic E-state index is 13.0. The zero-order chi connectivity index (χ0) is 20.5. The molecule has 2 aromatic rings. The number of nitrogens with zero attached hydrogens (tertiary/aromatic N) is 3. The third kappa shape index (κ3) is 4.03. The Bertz CT molecular complexity index is 916. The van der Waals surface area contributed by atoms with Crippen LogP contribution in [0.4, 0.5) is 5.13 Å². The number of hydrogen-bond acceptors (Lipinski definition) is 7. The molecule has 10 heteroatoms. The molecular weight excluding hydrogens is 396 g/mol. The lowest BCUT2D eigenvalue weighted by Crippen LogP contribution is -3.05. The lowest BCUT2D eigenvalue weighted by Gasteiger charge is -2.22. The number of likely N-dealkylation sites (tertiary alicyclic amines) is 1. The van der Waals surface area contributed by atoms with Crippen LogP contribution in [0.15, 0.2) is 12.1 Å². The van der Waals surface area contributed by atoms with Crippen LogP contribution >= 0.6 is 11.3 Å². The highest BCUT2D eigenvalue weighted by Gasteiger charge is 2.33. The third-order valence-corrected chi connectivity index (χ3v) is 5.95. The minimum Gasteiger partial charge on any atom is -0.454 e. The smallest absolute Gasteiger partial charge is 0.248 e. The summed E-state index contributed by atoms with van der Waals surface area (Å²) in [6.07, 6.45) is 1.11. The molecule has 0 spiro atoms. The van der Waals surface area contributed by atoms with E-state index >= 15 is 0 Å². The van der Waals surface area contributed by atoms with Gasteiger partial charge < -0.3 is 14.4 Å². The number of aromatic nitrogens is 1. The molecule has 29 heavy (non-hydrogen) atoms. The summed E-state index contributed by atoms with van der Waals surface area (Å²) in [6, 6.07) is 3.66. The van der Waals surface area contributed by atoms with Crippen LogP contribution in [0, 0.1) is 0 Å². The number of rotatable bonds is 7. The molecule has 1 saturated heterocycles. The summed E-state index contributed by atoms with van der Waals surface area (Å²) >= 11 is 1.38. The fourth-order valence-electron chi connectivity index (χ4n) is 3.36. The molecule has 0 radical (unpaired) electrons. The van der Waals surface area contributed by atoms with E-state index in [1.807, 2.05) is 20.2 Å². The summed E-state index contributed by atoms with van der Waals surface area (Å²) < 4.78 is 11.7. The highest BCUT2D eigenvalue weighted by Crippen LogP contribution is 2.39. The van der Waals surface area contributed by atoms with Crippen LogP contribution in [-0.4, -0.2) is 68.1 Å². The summed E-state index contributed by atoms with van der Waals surface area (Å²) in [7, 11) is 4.10. The van der Waals surface area contributed by atoms with Gasteiger partial charge in [-0.2, -0.15) is 0 Å². The number of ether oxygens (including phenoxy) is 2. The maximum Gasteiger partial charge on any atom is 0.248 e. The number of anilines is 1. The highest BCUT2D eigenvalue weighted by atomic mass is 32.1. The molecule has 0 bridgehead atoms. The molecule has 0 atom stereocenters. The van der Waals surface area contributed by atoms with E-state index in [-0.39, 0.29) is 43.9 Å². The molecule has 1 aromatic heterocycles. The van der Waals surface area contributed by atoms with Crippen molar-refractivity contribution in [2.75, 3.05) is 45.4 Å². The Morgan fingerprint density at radius 3 is 2.59 bits per heavy atom. The van der Waals surface area contributed by atoms with Crippen molar-refractivity contribution in [3.63, 3.8) is 0 Å². The van der Waals surface area contributed by atoms with Gasteiger partial charge in [0.25, 0.3) is 0 Å². The largest absolute Gasteiger partial charge is 0.454 e. The number of thiazole rings is 1. The van der Waals surface area contributed by atoms with E-state index in [1.54, 1.807) is 11.0 Å². The van der Waals surface area contributed by atoms with Crippen LogP contribution in [-0.2, 0) is 14.4 Å². The van der Waals surface area contributed by atoms with E-state index in [2.05, 4.69) is 4.98 Å². The number of hydrogen-bond donors (Lipinski definition) is 1. The summed E-state index contributed by atoms with van der Waals surface area (Å²) in [5.41, 5.74) is 0.721. The minimum atomic E-state index is -0.304. The lowest BCUT2D eigenvalue weighted by molar-refractivity contribution is -0.858. The quantitative estimate of drug-likeness (QED) is 0.637. The number of benzene rings is 1. The van der Waals surface area contributed by atoms with Crippen molar-refractivity contribution in [2.45, 2.75) is 19.3 Å². The van der Waals surface area contributed by atoms with Gasteiger partial charge in [0.15, 0.2) is 16.6 Å². The standard InChI is InChI=1S/C19H22N4O5S/c1-21(2)6-3-7-22(18(26)10-23-16(24)4-5-17(23)25)19-20-12-8-13-14(28-11-27-13)9-15(12)29-19/h8-9H,3-7,10-11H2,1-2H3/p+1. The van der Waals surface area contributed by atoms with Crippen LogP contribution in [0.3, 0.4) is 0 Å². The summed E-state index contributed by atoms with van der Waals surface area (Å²) in [5.74, 6) is 0.403. The normalized spacial score (nSPS) is 15.8. The van der Waals surface area contributed by atoms with Gasteiger partial charge in [-0.1, -0.05) is 11.3 Å². The fourth-order valence-corrected chi connectivity index (χ4v) is 4.38. The topological polar surface area (TPSA) is 93.5 Å². The molecule has 2 aliphatic rings. The molecule has 0 saturated carbocycles. The van der Waals surface area contributed by atoms with Crippen molar-refractivity contribution in [1.82, 2.24) is 9.88 Å². The molecule has 9 nitrogen and oxygen atoms in total. The number of quaternary nitrogens is 1. The molecule has 1 N–H and O–H groups in total. The van der Waals surface area contributed by atoms with Gasteiger partial charge in [-0.15, -0.1) is 0 Å². The second-order valence-electron chi connectivity index (χ2n) is 7.40. The Morgan fingerprint density at radius 2 is 1.90 bits per heavy atom. The van der Waals surface area contributed by atoms with E-state index in [4.69, 9.17) is 9.47 Å². The zero-order valence-electron chi connectivity index (χ0n) is 16.4. The first-order valence-corrected chi connectivity index (χ1v) is 10.4. The van der Waals surface area contributed by atoms with Crippen LogP contribution in [0.25, 0.3) is 10.2 Å². The number of amides is 3. The molecule has 1 aromatic carbocycles. The molecule has 4 rings (SSSR count). The van der Waals surface area contributed by atoms with Crippen molar-refractivity contribution in [3.05, 3.63) is 12.1 Å². The average Bonchev–Trinajstić information content (AvgIpc) is 3.37. The Kier molecular flexibility index (Phi) is 5.37. The molecule has 0 unspecified atom stereocenters. The number of imide groups is 1. The van der Waals surface area contributed by atoms with Gasteiger partial charge in [0, 0.05) is 37.9 Å². The lowest BCUT2D eigenvalue weighted by atomic mass is 10.3. The van der Waals surface area contributed by atoms with E-state index < -0.39 is 0 Å². The number of carbonyl (C=O) groups excluding carboxylic acids is 3. The maximum atomic E-state index is 13.0. The van der Waals surface area contributed by atoms with Crippen molar-refractivity contribution in [2.24, 2.45) is 0 Å². The SMILES string of the molecule is C[NH+](C)CCCN(C(=O)CN1C(=O)CCC1=O)c1nc2cc3c(cc2s1)OCO3. The highest BCUT2D eigenvalue weighted by molar-refractivity contribution is 7.22. The van der Waals surface area contributed by atoms with Gasteiger partial charge in [0.1, 0.15) is 6.54 Å². The molecule has 154 valence electrons. The Balaban J connectivity index is 1.59. The summed E-state index contributed by atoms with van der Waals surface area (Å²) in [5, 5.41) is 0.543. The van der Waals surface area contributed by atoms with Gasteiger partial charge in [0.05, 0.1) is 30.9 Å². The van der Waals surface area contributed by atoms with E-state index in [0.29, 0.717) is 23.2 Å². The first-order valence-electron chi connectivity index (χ1n) is 9.55. The van der Waals surface area contributed by atoms with Crippen molar-refractivity contribution in [3.8, 4) is 11.5 Å². The predicted octanol–water partition coefficient (Wildman–Crippen LogP) is 0.0416. The van der Waals surface area contributed by atoms with E-state index in [0.717, 1.165) is 28.1 Å². The van der Waals surface area contributed by atoms with E-state index in [9.17, 15) is 14.4 Å². The molecular formula is C19H23N4O5S+. The van der Waals surface area contributed by atoms with Crippen LogP contribution in [0.2, 0.25) is 0 Å². The van der Waals surface area contributed by atoms with Gasteiger partial charge >= 0.3 is 0 Å². The molecule has 0 aliphatic carbocycles. The predicted molar refractivity (Wildman–Crippen MR) is 106 cm³/mol. The Morgan fingerprint density at radius 1 is 1.21 bits per heavy atom. The zero-order valence-corrected chi connectivity index (χ0v) is 17.2. The third-order valence-electron chi connectivity index (χ3n) is 4.91. The van der Waals surface area contributed by atoms with Crippen LogP contribution < -0.4 is 19.3 Å². The first kappa shape index (κ1) is 19.6. The summed E-state index contributed by atoms with van der Waals surface area (Å²) in [6.45, 7) is 1.29. The summed E-state index contributed by atoms with van der Waals surface area (Å²) in [4.78, 5) is 45.4. The van der Waals surface area contributed by atoms with E-state index in [1.165, 1.54) is 16.2 Å². The Labute approximate surface area is 171 Å². The van der Waals surface area contributed by atoms with Crippen LogP contribution in [0.5, 0.6) is 11.5 Å². The molecule has 3 amide bonds. The number of fused-ring (bicyclic) bond motifs is 2. The van der Waals surface area contributed by atoms with Crippen molar-refractivity contribution >= 4 is 44.4 Å². The first-order chi connectivity index (χ1) is 13.9. The van der Waals surface area contributed by atoms with Crippen LogP contribution in [0.1, 0.15) is 19.3 Å². The fraction of sp³-hybridized carbons (Fsp3) is 0.474. The second-order valence-corrected chi connectivity index (χ2v) is 8.41. The van der Waals surface area contributed by atoms with Gasteiger partial charge in [-0.05, 0) is 0 Å². The van der Waals surface area contributed by atoms with Crippen molar-refractivity contribution in [1.29, 1.82) is 0 Å². The van der Waals surface area contributed by atoms with Gasteiger partial charge in [0.2, 0.25) is 24.5 Å². The minimum absolute atomic E-state index is 0.169. The second kappa shape index (κ2) is 7.96. The average molecular weight is 419 g/mol. The van der Waals surface area contributed by atoms with Crippen molar-refractivity contribution < 1.29 is 28.8 Å². The Hall–Kier alpha value is -2.72.